The van der Waals surface area contributed by atoms with Crippen molar-refractivity contribution < 1.29 is 19.3 Å². The Morgan fingerprint density at radius 2 is 1.62 bits per heavy atom. The number of hydrazine groups is 1. The van der Waals surface area contributed by atoms with Crippen LogP contribution in [0.15, 0.2) is 41.3 Å². The third-order valence-corrected chi connectivity index (χ3v) is 7.10. The maximum absolute atomic E-state index is 13.0. The van der Waals surface area contributed by atoms with Gasteiger partial charge in [-0.25, -0.2) is 0 Å². The maximum Gasteiger partial charge on any atom is 0.285 e. The zero-order chi connectivity index (χ0) is 20.4. The summed E-state index contributed by atoms with van der Waals surface area (Å²) in [6.07, 6.45) is 6.32. The van der Waals surface area contributed by atoms with Crippen LogP contribution in [0.25, 0.3) is 6.08 Å². The second-order valence-electron chi connectivity index (χ2n) is 7.33. The van der Waals surface area contributed by atoms with Gasteiger partial charge in [-0.05, 0) is 54.2 Å². The lowest BCUT2D eigenvalue weighted by molar-refractivity contribution is -0.384. The highest BCUT2D eigenvalue weighted by atomic mass is 32.2. The summed E-state index contributed by atoms with van der Waals surface area (Å²) in [7, 11) is 0. The van der Waals surface area contributed by atoms with E-state index in [2.05, 4.69) is 0 Å². The average molecular weight is 427 g/mol. The maximum atomic E-state index is 13.0. The molecule has 0 N–H and O–H groups in total. The molecule has 0 unspecified atom stereocenters. The van der Waals surface area contributed by atoms with E-state index < -0.39 is 22.7 Å². The molecule has 8 nitrogen and oxygen atoms in total. The van der Waals surface area contributed by atoms with E-state index in [1.807, 2.05) is 12.2 Å². The molecule has 29 heavy (non-hydrogen) atoms. The Kier molecular flexibility index (Phi) is 3.97. The smallest absolute Gasteiger partial charge is 0.272 e. The lowest BCUT2D eigenvalue weighted by atomic mass is 9.85. The van der Waals surface area contributed by atoms with Gasteiger partial charge in [0.2, 0.25) is 0 Å². The van der Waals surface area contributed by atoms with Crippen LogP contribution in [-0.2, 0) is 14.4 Å². The van der Waals surface area contributed by atoms with E-state index in [1.54, 1.807) is 6.08 Å². The number of amides is 3. The molecule has 2 saturated heterocycles. The number of allylic oxidation sites excluding steroid dienone is 2. The minimum Gasteiger partial charge on any atom is -0.272 e. The van der Waals surface area contributed by atoms with Crippen molar-refractivity contribution in [1.82, 2.24) is 10.0 Å². The highest BCUT2D eigenvalue weighted by Crippen LogP contribution is 2.53. The molecule has 4 aliphatic rings. The van der Waals surface area contributed by atoms with Crippen molar-refractivity contribution in [2.75, 3.05) is 0 Å². The van der Waals surface area contributed by atoms with E-state index in [0.717, 1.165) is 28.2 Å². The van der Waals surface area contributed by atoms with Gasteiger partial charge in [-0.15, -0.1) is 0 Å². The number of nitro benzene ring substituents is 1. The second-order valence-corrected chi connectivity index (χ2v) is 9.01. The molecule has 3 fully saturated rings. The Hall–Kier alpha value is -2.85. The molecular weight excluding hydrogens is 414 g/mol. The predicted molar refractivity (Wildman–Crippen MR) is 108 cm³/mol. The number of rotatable bonds is 3. The molecule has 10 heteroatoms. The van der Waals surface area contributed by atoms with Crippen molar-refractivity contribution in [2.45, 2.75) is 6.42 Å². The topological polar surface area (TPSA) is 101 Å². The molecule has 0 radical (unpaired) electrons. The number of hydrogen-bond donors (Lipinski definition) is 0. The van der Waals surface area contributed by atoms with E-state index >= 15 is 0 Å². The van der Waals surface area contributed by atoms with Crippen LogP contribution in [-0.4, -0.2) is 37.0 Å². The fourth-order valence-corrected chi connectivity index (χ4v) is 5.80. The lowest BCUT2D eigenvalue weighted by Crippen LogP contribution is -2.49. The van der Waals surface area contributed by atoms with Crippen LogP contribution < -0.4 is 0 Å². The van der Waals surface area contributed by atoms with E-state index in [-0.39, 0.29) is 38.6 Å². The summed E-state index contributed by atoms with van der Waals surface area (Å²) in [6.45, 7) is 0. The second kappa shape index (κ2) is 6.33. The number of fused-ring (bicyclic) bond motifs is 5. The molecule has 0 spiro atoms. The van der Waals surface area contributed by atoms with Crippen LogP contribution in [0.4, 0.5) is 5.69 Å². The zero-order valence-corrected chi connectivity index (χ0v) is 16.4. The molecule has 2 aliphatic carbocycles. The van der Waals surface area contributed by atoms with Crippen LogP contribution in [0.2, 0.25) is 0 Å². The number of thioether (sulfide) groups is 1. The van der Waals surface area contributed by atoms with Crippen molar-refractivity contribution in [3.8, 4) is 0 Å². The van der Waals surface area contributed by atoms with Crippen molar-refractivity contribution >= 4 is 57.8 Å². The molecule has 4 atom stereocenters. The fraction of sp³-hybridized carbons (Fsp3) is 0.263. The number of nitro groups is 1. The fourth-order valence-electron chi connectivity index (χ4n) is 4.56. The first-order valence-electron chi connectivity index (χ1n) is 8.95. The molecular formula is C19H13N3O5S2. The van der Waals surface area contributed by atoms with E-state index in [4.69, 9.17) is 12.2 Å². The number of carbonyl (C=O) groups excluding carboxylic acids is 3. The summed E-state index contributed by atoms with van der Waals surface area (Å²) < 4.78 is 0.116. The number of thiocarbonyl (C=S) groups is 1. The largest absolute Gasteiger partial charge is 0.285 e. The van der Waals surface area contributed by atoms with Gasteiger partial charge in [-0.2, -0.15) is 10.0 Å². The number of hydrogen-bond acceptors (Lipinski definition) is 7. The monoisotopic (exact) mass is 427 g/mol. The Morgan fingerprint density at radius 1 is 1.03 bits per heavy atom. The standard InChI is InChI=1S/C19H13N3O5S2/c23-16-13(7-9-1-5-12(6-2-9)22(26)27)29-19(28)21(16)20-17(24)14-10-3-4-11(8-10)15(14)18(20)25/h1-7,10-11,14-15H,8H2/b13-7-/t10-,11-,14+,15+/m0/s1. The highest BCUT2D eigenvalue weighted by molar-refractivity contribution is 8.26. The first-order chi connectivity index (χ1) is 13.9. The van der Waals surface area contributed by atoms with Crippen molar-refractivity contribution in [2.24, 2.45) is 23.7 Å². The number of nitrogens with zero attached hydrogens (tertiary/aromatic N) is 3. The minimum atomic E-state index is -0.541. The molecule has 1 aromatic rings. The van der Waals surface area contributed by atoms with Gasteiger partial charge in [-0.3, -0.25) is 24.5 Å². The van der Waals surface area contributed by atoms with Gasteiger partial charge in [0.05, 0.1) is 21.7 Å². The molecule has 146 valence electrons. The summed E-state index contributed by atoms with van der Waals surface area (Å²) in [5.41, 5.74) is 0.520. The number of imide groups is 1. The van der Waals surface area contributed by atoms with Crippen LogP contribution >= 0.6 is 24.0 Å². The number of non-ortho nitro benzene ring substituents is 1. The quantitative estimate of drug-likeness (QED) is 0.182. The van der Waals surface area contributed by atoms with Gasteiger partial charge in [-0.1, -0.05) is 23.9 Å². The molecule has 2 heterocycles. The number of carbonyl (C=O) groups is 3. The molecule has 2 bridgehead atoms. The van der Waals surface area contributed by atoms with Gasteiger partial charge in [0.1, 0.15) is 0 Å². The van der Waals surface area contributed by atoms with Gasteiger partial charge >= 0.3 is 0 Å². The van der Waals surface area contributed by atoms with Crippen LogP contribution in [0, 0.1) is 33.8 Å². The molecule has 3 amide bonds. The van der Waals surface area contributed by atoms with Gasteiger partial charge in [0.25, 0.3) is 23.4 Å². The Labute approximate surface area is 174 Å². The zero-order valence-electron chi connectivity index (χ0n) is 14.8. The van der Waals surface area contributed by atoms with Gasteiger partial charge in [0, 0.05) is 12.1 Å². The summed E-state index contributed by atoms with van der Waals surface area (Å²) in [5.74, 6) is -2.03. The Morgan fingerprint density at radius 3 is 2.17 bits per heavy atom. The van der Waals surface area contributed by atoms with Crippen LogP contribution in [0.5, 0.6) is 0 Å². The third kappa shape index (κ3) is 2.59. The third-order valence-electron chi connectivity index (χ3n) is 5.82. The Balaban J connectivity index is 1.42. The van der Waals surface area contributed by atoms with Crippen molar-refractivity contribution in [3.63, 3.8) is 0 Å². The number of benzene rings is 1. The average Bonchev–Trinajstić information content (AvgIpc) is 3.42. The van der Waals surface area contributed by atoms with Crippen molar-refractivity contribution in [1.29, 1.82) is 0 Å². The first kappa shape index (κ1) is 18.2. The highest BCUT2D eigenvalue weighted by Gasteiger charge is 2.62. The van der Waals surface area contributed by atoms with Crippen LogP contribution in [0.3, 0.4) is 0 Å². The summed E-state index contributed by atoms with van der Waals surface area (Å²) >= 11 is 6.29. The summed E-state index contributed by atoms with van der Waals surface area (Å²) in [5, 5.41) is 12.7. The van der Waals surface area contributed by atoms with E-state index in [9.17, 15) is 24.5 Å². The molecule has 5 rings (SSSR count). The normalized spacial score (nSPS) is 31.5. The minimum absolute atomic E-state index is 0.0421. The SMILES string of the molecule is O=C1/C(=C/c2ccc([N+](=O)[O-])cc2)SC(=S)N1N1C(=O)[C@H]2[C@H](C1=O)[C@H]1C=C[C@H]2C1. The summed E-state index contributed by atoms with van der Waals surface area (Å²) in [6, 6.07) is 5.71. The molecule has 0 aromatic heterocycles. The van der Waals surface area contributed by atoms with E-state index in [0.29, 0.717) is 5.56 Å². The lowest BCUT2D eigenvalue weighted by Gasteiger charge is -2.25. The predicted octanol–water partition coefficient (Wildman–Crippen LogP) is 2.52. The van der Waals surface area contributed by atoms with Gasteiger partial charge in [0.15, 0.2) is 4.32 Å². The Bertz CT molecular complexity index is 1030. The van der Waals surface area contributed by atoms with Crippen molar-refractivity contribution in [3.05, 3.63) is 57.0 Å². The molecule has 2 aliphatic heterocycles. The van der Waals surface area contributed by atoms with Crippen LogP contribution in [0.1, 0.15) is 12.0 Å². The molecule has 1 saturated carbocycles. The van der Waals surface area contributed by atoms with E-state index in [1.165, 1.54) is 24.3 Å². The first-order valence-corrected chi connectivity index (χ1v) is 10.2. The summed E-state index contributed by atoms with van der Waals surface area (Å²) in [4.78, 5) is 49.4. The van der Waals surface area contributed by atoms with Gasteiger partial charge < -0.3 is 0 Å². The molecule has 1 aromatic carbocycles.